The third-order valence-corrected chi connectivity index (χ3v) is 5.91. The largest absolute Gasteiger partial charge is 0.493 e. The third-order valence-electron chi connectivity index (χ3n) is 5.91. The van der Waals surface area contributed by atoms with Crippen molar-refractivity contribution in [2.24, 2.45) is 0 Å². The minimum Gasteiger partial charge on any atom is -0.493 e. The molecular weight excluding hydrogens is 412 g/mol. The number of methoxy groups -OCH3 is 1. The summed E-state index contributed by atoms with van der Waals surface area (Å²) in [4.78, 5) is 2.52. The Labute approximate surface area is 190 Å². The van der Waals surface area contributed by atoms with Gasteiger partial charge in [0.1, 0.15) is 0 Å². The lowest BCUT2D eigenvalue weighted by molar-refractivity contribution is 0.189. The van der Waals surface area contributed by atoms with E-state index in [9.17, 15) is 0 Å². The Morgan fingerprint density at radius 3 is 2.68 bits per heavy atom. The zero-order valence-electron chi connectivity index (χ0n) is 18.3. The molecule has 1 fully saturated rings. The minimum atomic E-state index is 0. The van der Waals surface area contributed by atoms with Gasteiger partial charge in [0.2, 0.25) is 0 Å². The SMILES string of the molecule is C=C(C)c1ccc(OCCCN2CCC(c3noc4ccccc34)CC2)c(OC)c1.Cl. The predicted molar refractivity (Wildman–Crippen MR) is 127 cm³/mol. The molecule has 0 saturated carbocycles. The highest BCUT2D eigenvalue weighted by molar-refractivity contribution is 5.85. The molecule has 2 heterocycles. The van der Waals surface area contributed by atoms with Crippen molar-refractivity contribution < 1.29 is 14.0 Å². The lowest BCUT2D eigenvalue weighted by atomic mass is 9.91. The van der Waals surface area contributed by atoms with Crippen LogP contribution in [0.2, 0.25) is 0 Å². The highest BCUT2D eigenvalue weighted by Crippen LogP contribution is 2.33. The maximum Gasteiger partial charge on any atom is 0.167 e. The van der Waals surface area contributed by atoms with Crippen molar-refractivity contribution >= 4 is 28.9 Å². The van der Waals surface area contributed by atoms with Gasteiger partial charge in [0.25, 0.3) is 0 Å². The van der Waals surface area contributed by atoms with Crippen molar-refractivity contribution in [3.8, 4) is 11.5 Å². The van der Waals surface area contributed by atoms with Crippen LogP contribution in [0.25, 0.3) is 16.5 Å². The minimum absolute atomic E-state index is 0. The van der Waals surface area contributed by atoms with Crippen molar-refractivity contribution in [2.45, 2.75) is 32.1 Å². The van der Waals surface area contributed by atoms with Gasteiger partial charge in [-0.25, -0.2) is 0 Å². The highest BCUT2D eigenvalue weighted by atomic mass is 35.5. The number of rotatable bonds is 8. The normalized spacial score (nSPS) is 14.9. The zero-order chi connectivity index (χ0) is 20.9. The van der Waals surface area contributed by atoms with Gasteiger partial charge in [0.15, 0.2) is 17.1 Å². The topological polar surface area (TPSA) is 47.7 Å². The van der Waals surface area contributed by atoms with Gasteiger partial charge < -0.3 is 18.9 Å². The molecule has 166 valence electrons. The van der Waals surface area contributed by atoms with Crippen LogP contribution < -0.4 is 9.47 Å². The molecule has 1 saturated heterocycles. The Balaban J connectivity index is 0.00000272. The molecule has 0 radical (unpaired) electrons. The lowest BCUT2D eigenvalue weighted by Crippen LogP contribution is -2.34. The predicted octanol–water partition coefficient (Wildman–Crippen LogP) is 5.94. The number of fused-ring (bicyclic) bond motifs is 1. The summed E-state index contributed by atoms with van der Waals surface area (Å²) in [6, 6.07) is 14.1. The van der Waals surface area contributed by atoms with Gasteiger partial charge in [-0.1, -0.05) is 35.5 Å². The van der Waals surface area contributed by atoms with E-state index < -0.39 is 0 Å². The van der Waals surface area contributed by atoms with E-state index in [1.54, 1.807) is 7.11 Å². The maximum atomic E-state index is 5.98. The average molecular weight is 443 g/mol. The molecule has 4 rings (SSSR count). The molecule has 0 amide bonds. The molecule has 5 nitrogen and oxygen atoms in total. The summed E-state index contributed by atoms with van der Waals surface area (Å²) in [5, 5.41) is 5.52. The van der Waals surface area contributed by atoms with E-state index in [2.05, 4.69) is 28.8 Å². The molecule has 3 aromatic rings. The van der Waals surface area contributed by atoms with Crippen LogP contribution in [0.5, 0.6) is 11.5 Å². The molecule has 0 bridgehead atoms. The summed E-state index contributed by atoms with van der Waals surface area (Å²) >= 11 is 0. The fourth-order valence-electron chi connectivity index (χ4n) is 4.15. The number of nitrogens with zero attached hydrogens (tertiary/aromatic N) is 2. The van der Waals surface area contributed by atoms with Crippen LogP contribution in [-0.4, -0.2) is 43.4 Å². The summed E-state index contributed by atoms with van der Waals surface area (Å²) in [5.41, 5.74) is 4.10. The van der Waals surface area contributed by atoms with Crippen LogP contribution in [0.3, 0.4) is 0 Å². The van der Waals surface area contributed by atoms with Gasteiger partial charge in [-0.2, -0.15) is 0 Å². The Bertz CT molecular complexity index is 1010. The van der Waals surface area contributed by atoms with Crippen molar-refractivity contribution in [3.63, 3.8) is 0 Å². The molecule has 6 heteroatoms. The molecule has 1 aliphatic rings. The van der Waals surface area contributed by atoms with E-state index in [0.717, 1.165) is 78.2 Å². The van der Waals surface area contributed by atoms with Crippen molar-refractivity contribution in [1.82, 2.24) is 10.1 Å². The molecule has 0 N–H and O–H groups in total. The van der Waals surface area contributed by atoms with E-state index in [-0.39, 0.29) is 12.4 Å². The van der Waals surface area contributed by atoms with Crippen LogP contribution in [0.4, 0.5) is 0 Å². The Morgan fingerprint density at radius 1 is 1.16 bits per heavy atom. The zero-order valence-corrected chi connectivity index (χ0v) is 19.1. The number of halogens is 1. The van der Waals surface area contributed by atoms with Gasteiger partial charge in [-0.05, 0) is 69.1 Å². The average Bonchev–Trinajstić information content (AvgIpc) is 3.21. The van der Waals surface area contributed by atoms with Gasteiger partial charge >= 0.3 is 0 Å². The number of benzene rings is 2. The quantitative estimate of drug-likeness (QED) is 0.404. The summed E-state index contributed by atoms with van der Waals surface area (Å²) in [6.07, 6.45) is 3.23. The molecule has 1 aromatic heterocycles. The van der Waals surface area contributed by atoms with E-state index in [0.29, 0.717) is 12.5 Å². The Kier molecular flexibility index (Phi) is 7.99. The van der Waals surface area contributed by atoms with Crippen molar-refractivity contribution in [3.05, 3.63) is 60.3 Å². The number of ether oxygens (including phenoxy) is 2. The third kappa shape index (κ3) is 5.41. The Morgan fingerprint density at radius 2 is 1.94 bits per heavy atom. The molecule has 0 atom stereocenters. The lowest BCUT2D eigenvalue weighted by Gasteiger charge is -2.31. The molecule has 0 spiro atoms. The molecule has 0 aliphatic carbocycles. The van der Waals surface area contributed by atoms with Crippen molar-refractivity contribution in [2.75, 3.05) is 33.4 Å². The van der Waals surface area contributed by atoms with Crippen LogP contribution in [0.1, 0.15) is 43.4 Å². The number of hydrogen-bond acceptors (Lipinski definition) is 5. The number of likely N-dealkylation sites (tertiary alicyclic amines) is 1. The van der Waals surface area contributed by atoms with Crippen molar-refractivity contribution in [1.29, 1.82) is 0 Å². The summed E-state index contributed by atoms with van der Waals surface area (Å²) in [6.45, 7) is 9.86. The van der Waals surface area contributed by atoms with Crippen LogP contribution in [-0.2, 0) is 0 Å². The number of allylic oxidation sites excluding steroid dienone is 1. The van der Waals surface area contributed by atoms with Crippen LogP contribution in [0.15, 0.2) is 53.6 Å². The molecule has 31 heavy (non-hydrogen) atoms. The fraction of sp³-hybridized carbons (Fsp3) is 0.400. The maximum absolute atomic E-state index is 5.98. The second-order valence-electron chi connectivity index (χ2n) is 8.03. The Hall–Kier alpha value is -2.50. The molecule has 1 aliphatic heterocycles. The highest BCUT2D eigenvalue weighted by Gasteiger charge is 2.24. The molecular formula is C25H31ClN2O3. The number of hydrogen-bond donors (Lipinski definition) is 0. The first-order chi connectivity index (χ1) is 14.7. The fourth-order valence-corrected chi connectivity index (χ4v) is 4.15. The number of piperidine rings is 1. The first kappa shape index (κ1) is 23.2. The summed E-state index contributed by atoms with van der Waals surface area (Å²) in [5.74, 6) is 2.03. The summed E-state index contributed by atoms with van der Waals surface area (Å²) in [7, 11) is 1.67. The standard InChI is InChI=1S/C25H30N2O3.ClH/c1-18(2)20-9-10-23(24(17-20)28-3)29-16-6-13-27-14-11-19(12-15-27)25-21-7-4-5-8-22(21)30-26-25;/h4-5,7-10,17,19H,1,6,11-16H2,2-3H3;1H. The van der Waals surface area contributed by atoms with Gasteiger partial charge in [-0.3, -0.25) is 0 Å². The first-order valence-electron chi connectivity index (χ1n) is 10.7. The number of aromatic nitrogens is 1. The smallest absolute Gasteiger partial charge is 0.167 e. The van der Waals surface area contributed by atoms with Gasteiger partial charge in [-0.15, -0.1) is 12.4 Å². The van der Waals surface area contributed by atoms with Crippen LogP contribution >= 0.6 is 12.4 Å². The number of para-hydroxylation sites is 1. The van der Waals surface area contributed by atoms with E-state index in [1.165, 1.54) is 0 Å². The van der Waals surface area contributed by atoms with E-state index >= 15 is 0 Å². The van der Waals surface area contributed by atoms with E-state index in [1.807, 2.05) is 37.3 Å². The molecule has 0 unspecified atom stereocenters. The monoisotopic (exact) mass is 442 g/mol. The van der Waals surface area contributed by atoms with E-state index in [4.69, 9.17) is 14.0 Å². The second kappa shape index (κ2) is 10.7. The van der Waals surface area contributed by atoms with Crippen LogP contribution in [0, 0.1) is 0 Å². The molecule has 2 aromatic carbocycles. The van der Waals surface area contributed by atoms with Gasteiger partial charge in [0, 0.05) is 17.8 Å². The second-order valence-corrected chi connectivity index (χ2v) is 8.03. The van der Waals surface area contributed by atoms with Gasteiger partial charge in [0.05, 0.1) is 19.4 Å². The first-order valence-corrected chi connectivity index (χ1v) is 10.7. The summed E-state index contributed by atoms with van der Waals surface area (Å²) < 4.78 is 16.9.